The number of carbonyl (C=O) groups excluding carboxylic acids is 1. The molecular formula is C16H13N3O3S2. The van der Waals surface area contributed by atoms with Crippen molar-refractivity contribution in [1.82, 2.24) is 9.71 Å². The molecule has 2 heterocycles. The lowest BCUT2D eigenvalue weighted by atomic mass is 10.0. The van der Waals surface area contributed by atoms with E-state index in [1.807, 2.05) is 30.3 Å². The number of sulfonamides is 1. The first kappa shape index (κ1) is 15.3. The summed E-state index contributed by atoms with van der Waals surface area (Å²) in [6.45, 7) is 1.78. The fraction of sp³-hybridized carbons (Fsp3) is 0.125. The Morgan fingerprint density at radius 2 is 1.96 bits per heavy atom. The molecule has 0 spiro atoms. The van der Waals surface area contributed by atoms with E-state index in [0.29, 0.717) is 16.6 Å². The van der Waals surface area contributed by atoms with Crippen LogP contribution in [0.25, 0.3) is 21.3 Å². The second-order valence-corrected chi connectivity index (χ2v) is 8.30. The fourth-order valence-electron chi connectivity index (χ4n) is 2.69. The minimum atomic E-state index is -3.40. The molecule has 1 aliphatic heterocycles. The molecule has 0 saturated heterocycles. The highest BCUT2D eigenvalue weighted by Crippen LogP contribution is 2.33. The fourth-order valence-corrected chi connectivity index (χ4v) is 4.91. The normalized spacial score (nSPS) is 15.4. The van der Waals surface area contributed by atoms with Crippen molar-refractivity contribution in [2.75, 3.05) is 5.32 Å². The smallest absolute Gasteiger partial charge is 0.241 e. The van der Waals surface area contributed by atoms with Gasteiger partial charge in [-0.1, -0.05) is 29.5 Å². The molecule has 0 saturated carbocycles. The molecule has 24 heavy (non-hydrogen) atoms. The molecule has 2 aromatic carbocycles. The van der Waals surface area contributed by atoms with E-state index in [9.17, 15) is 13.2 Å². The first-order valence-corrected chi connectivity index (χ1v) is 9.53. The van der Waals surface area contributed by atoms with Crippen LogP contribution >= 0.6 is 11.3 Å². The maximum absolute atomic E-state index is 12.0. The number of rotatable bonds is 2. The average molecular weight is 359 g/mol. The number of anilines is 1. The zero-order valence-electron chi connectivity index (χ0n) is 12.7. The van der Waals surface area contributed by atoms with Crippen molar-refractivity contribution in [1.29, 1.82) is 0 Å². The summed E-state index contributed by atoms with van der Waals surface area (Å²) < 4.78 is 27.4. The molecule has 1 aromatic heterocycles. The van der Waals surface area contributed by atoms with Gasteiger partial charge in [-0.05, 0) is 34.9 Å². The summed E-state index contributed by atoms with van der Waals surface area (Å²) in [4.78, 5) is 15.8. The number of thiazole rings is 1. The van der Waals surface area contributed by atoms with Crippen LogP contribution in [0, 0.1) is 0 Å². The molecule has 1 aliphatic rings. The second-order valence-electron chi connectivity index (χ2n) is 5.53. The van der Waals surface area contributed by atoms with E-state index in [2.05, 4.69) is 15.0 Å². The third kappa shape index (κ3) is 2.58. The molecule has 0 unspecified atom stereocenters. The molecule has 1 amide bonds. The maximum Gasteiger partial charge on any atom is 0.241 e. The van der Waals surface area contributed by atoms with Crippen LogP contribution in [-0.2, 0) is 21.4 Å². The lowest BCUT2D eigenvalue weighted by Gasteiger charge is -2.04. The molecule has 122 valence electrons. The van der Waals surface area contributed by atoms with E-state index >= 15 is 0 Å². The van der Waals surface area contributed by atoms with E-state index in [1.54, 1.807) is 6.07 Å². The monoisotopic (exact) mass is 359 g/mol. The third-order valence-electron chi connectivity index (χ3n) is 3.81. The average Bonchev–Trinajstić information content (AvgIpc) is 3.06. The summed E-state index contributed by atoms with van der Waals surface area (Å²) in [5.41, 5.74) is 3.32. The van der Waals surface area contributed by atoms with Gasteiger partial charge in [0, 0.05) is 13.5 Å². The van der Waals surface area contributed by atoms with Crippen molar-refractivity contribution < 1.29 is 13.2 Å². The van der Waals surface area contributed by atoms with Gasteiger partial charge in [0.25, 0.3) is 0 Å². The van der Waals surface area contributed by atoms with Crippen molar-refractivity contribution >= 4 is 42.6 Å². The molecule has 3 aromatic rings. The van der Waals surface area contributed by atoms with E-state index in [-0.39, 0.29) is 5.91 Å². The van der Waals surface area contributed by atoms with E-state index in [0.717, 1.165) is 26.9 Å². The Kier molecular flexibility index (Phi) is 3.41. The topological polar surface area (TPSA) is 88.2 Å². The summed E-state index contributed by atoms with van der Waals surface area (Å²) in [5.74, 6) is -0.161. The van der Waals surface area contributed by atoms with Crippen LogP contribution in [0.3, 0.4) is 0 Å². The number of benzene rings is 2. The number of hydrogen-bond acceptors (Lipinski definition) is 5. The first-order valence-electron chi connectivity index (χ1n) is 7.23. The Bertz CT molecular complexity index is 1090. The van der Waals surface area contributed by atoms with Crippen LogP contribution in [0.2, 0.25) is 0 Å². The minimum Gasteiger partial charge on any atom is -0.302 e. The highest BCUT2D eigenvalue weighted by Gasteiger charge is 2.25. The predicted octanol–water partition coefficient (Wildman–Crippen LogP) is 2.71. The van der Waals surface area contributed by atoms with Gasteiger partial charge in [-0.2, -0.15) is 0 Å². The van der Waals surface area contributed by atoms with E-state index < -0.39 is 10.0 Å². The largest absolute Gasteiger partial charge is 0.302 e. The van der Waals surface area contributed by atoms with Gasteiger partial charge in [-0.25, -0.2) is 18.1 Å². The summed E-state index contributed by atoms with van der Waals surface area (Å²) in [6.07, 6.45) is 0. The second kappa shape index (κ2) is 5.37. The number of amides is 1. The molecular weight excluding hydrogens is 346 g/mol. The molecule has 0 fully saturated rings. The van der Waals surface area contributed by atoms with Crippen LogP contribution in [-0.4, -0.2) is 19.3 Å². The van der Waals surface area contributed by atoms with Crippen molar-refractivity contribution in [3.05, 3.63) is 42.0 Å². The standard InChI is InChI=1S/C16H13N3O3S2/c1-9(20)18-16-19-13-5-4-10(6-14(13)23-16)11-2-3-12-8-17-24(21,22)15(12)7-11/h2-7,17H,8H2,1H3,(H,18,19,20). The minimum absolute atomic E-state index is 0.161. The maximum atomic E-state index is 12.0. The lowest BCUT2D eigenvalue weighted by molar-refractivity contribution is -0.114. The van der Waals surface area contributed by atoms with E-state index in [1.165, 1.54) is 18.3 Å². The Morgan fingerprint density at radius 3 is 2.75 bits per heavy atom. The molecule has 4 rings (SSSR count). The SMILES string of the molecule is CC(=O)Nc1nc2ccc(-c3ccc4c(c3)S(=O)(=O)NC4)cc2s1. The number of nitrogens with zero attached hydrogens (tertiary/aromatic N) is 1. The molecule has 0 bridgehead atoms. The van der Waals surface area contributed by atoms with Gasteiger partial charge in [-0.15, -0.1) is 0 Å². The number of nitrogens with one attached hydrogen (secondary N) is 2. The van der Waals surface area contributed by atoms with Crippen LogP contribution in [0.5, 0.6) is 0 Å². The molecule has 2 N–H and O–H groups in total. The Hall–Kier alpha value is -2.29. The van der Waals surface area contributed by atoms with Gasteiger partial charge < -0.3 is 5.32 Å². The number of carbonyl (C=O) groups is 1. The molecule has 0 atom stereocenters. The summed E-state index contributed by atoms with van der Waals surface area (Å²) >= 11 is 1.39. The summed E-state index contributed by atoms with van der Waals surface area (Å²) in [5, 5.41) is 3.23. The number of aromatic nitrogens is 1. The van der Waals surface area contributed by atoms with Crippen molar-refractivity contribution in [2.24, 2.45) is 0 Å². The molecule has 0 aliphatic carbocycles. The molecule has 6 nitrogen and oxygen atoms in total. The third-order valence-corrected chi connectivity index (χ3v) is 6.23. The van der Waals surface area contributed by atoms with E-state index in [4.69, 9.17) is 0 Å². The Labute approximate surface area is 142 Å². The van der Waals surface area contributed by atoms with Gasteiger partial charge >= 0.3 is 0 Å². The van der Waals surface area contributed by atoms with Gasteiger partial charge in [0.05, 0.1) is 15.1 Å². The van der Waals surface area contributed by atoms with Crippen LogP contribution in [0.4, 0.5) is 5.13 Å². The number of fused-ring (bicyclic) bond motifs is 2. The Balaban J connectivity index is 1.78. The highest BCUT2D eigenvalue weighted by atomic mass is 32.2. The van der Waals surface area contributed by atoms with Gasteiger partial charge in [0.2, 0.25) is 15.9 Å². The lowest BCUT2D eigenvalue weighted by Crippen LogP contribution is -2.13. The zero-order chi connectivity index (χ0) is 16.9. The first-order chi connectivity index (χ1) is 11.4. The molecule has 8 heteroatoms. The van der Waals surface area contributed by atoms with Crippen molar-refractivity contribution in [3.63, 3.8) is 0 Å². The van der Waals surface area contributed by atoms with Crippen molar-refractivity contribution in [2.45, 2.75) is 18.4 Å². The van der Waals surface area contributed by atoms with Crippen LogP contribution in [0.1, 0.15) is 12.5 Å². The summed E-state index contributed by atoms with van der Waals surface area (Å²) in [6, 6.07) is 11.2. The zero-order valence-corrected chi connectivity index (χ0v) is 14.3. The van der Waals surface area contributed by atoms with Gasteiger partial charge in [0.15, 0.2) is 5.13 Å². The van der Waals surface area contributed by atoms with Gasteiger partial charge in [-0.3, -0.25) is 4.79 Å². The molecule has 0 radical (unpaired) electrons. The predicted molar refractivity (Wildman–Crippen MR) is 93.4 cm³/mol. The Morgan fingerprint density at radius 1 is 1.21 bits per heavy atom. The van der Waals surface area contributed by atoms with Crippen LogP contribution < -0.4 is 10.0 Å². The quantitative estimate of drug-likeness (QED) is 0.736. The van der Waals surface area contributed by atoms with Crippen LogP contribution in [0.15, 0.2) is 41.3 Å². The van der Waals surface area contributed by atoms with Crippen molar-refractivity contribution in [3.8, 4) is 11.1 Å². The highest BCUT2D eigenvalue weighted by molar-refractivity contribution is 7.89. The summed E-state index contributed by atoms with van der Waals surface area (Å²) in [7, 11) is -3.40. The van der Waals surface area contributed by atoms with Gasteiger partial charge in [0.1, 0.15) is 0 Å². The number of hydrogen-bond donors (Lipinski definition) is 2.